The molecule has 0 saturated heterocycles. The van der Waals surface area contributed by atoms with E-state index in [0.717, 1.165) is 16.9 Å². The van der Waals surface area contributed by atoms with Crippen molar-refractivity contribution in [2.75, 3.05) is 0 Å². The van der Waals surface area contributed by atoms with E-state index in [1.54, 1.807) is 6.92 Å². The molecular formula is C13H17N3O2. The van der Waals surface area contributed by atoms with Gasteiger partial charge in [-0.2, -0.15) is 4.98 Å². The summed E-state index contributed by atoms with van der Waals surface area (Å²) in [5.74, 6) is 1.76. The van der Waals surface area contributed by atoms with Crippen molar-refractivity contribution in [2.45, 2.75) is 33.4 Å². The summed E-state index contributed by atoms with van der Waals surface area (Å²) in [5, 5.41) is 3.81. The highest BCUT2D eigenvalue weighted by atomic mass is 16.5. The first-order valence-corrected chi connectivity index (χ1v) is 5.84. The third kappa shape index (κ3) is 2.87. The lowest BCUT2D eigenvalue weighted by Gasteiger charge is -2.07. The number of aryl methyl sites for hydroxylation is 2. The van der Waals surface area contributed by atoms with Crippen LogP contribution in [0.4, 0.5) is 0 Å². The lowest BCUT2D eigenvalue weighted by molar-refractivity contribution is 0.282. The van der Waals surface area contributed by atoms with Crippen molar-refractivity contribution in [1.29, 1.82) is 0 Å². The third-order valence-electron chi connectivity index (χ3n) is 2.57. The van der Waals surface area contributed by atoms with E-state index in [9.17, 15) is 0 Å². The van der Waals surface area contributed by atoms with Crippen molar-refractivity contribution < 1.29 is 9.26 Å². The Bertz CT molecular complexity index is 535. The number of nitrogens with zero attached hydrogens (tertiary/aromatic N) is 2. The molecule has 1 unspecified atom stereocenters. The van der Waals surface area contributed by atoms with Crippen LogP contribution in [0.3, 0.4) is 0 Å². The molecule has 1 atom stereocenters. The molecule has 1 aromatic carbocycles. The van der Waals surface area contributed by atoms with Gasteiger partial charge in [0.2, 0.25) is 11.7 Å². The average Bonchev–Trinajstić information content (AvgIpc) is 2.79. The summed E-state index contributed by atoms with van der Waals surface area (Å²) in [4.78, 5) is 4.15. The Balaban J connectivity index is 2.04. The van der Waals surface area contributed by atoms with Crippen LogP contribution in [-0.2, 0) is 6.61 Å². The largest absolute Gasteiger partial charge is 0.485 e. The van der Waals surface area contributed by atoms with Crippen LogP contribution in [0.2, 0.25) is 0 Å². The summed E-state index contributed by atoms with van der Waals surface area (Å²) < 4.78 is 10.7. The van der Waals surface area contributed by atoms with Gasteiger partial charge in [-0.3, -0.25) is 0 Å². The van der Waals surface area contributed by atoms with Crippen LogP contribution >= 0.6 is 0 Å². The minimum Gasteiger partial charge on any atom is -0.485 e. The molecule has 5 nitrogen and oxygen atoms in total. The van der Waals surface area contributed by atoms with Crippen molar-refractivity contribution >= 4 is 0 Å². The number of hydrogen-bond donors (Lipinski definition) is 1. The van der Waals surface area contributed by atoms with Crippen molar-refractivity contribution in [1.82, 2.24) is 10.1 Å². The molecule has 2 N–H and O–H groups in total. The predicted molar refractivity (Wildman–Crippen MR) is 67.1 cm³/mol. The number of hydrogen-bond acceptors (Lipinski definition) is 5. The van der Waals surface area contributed by atoms with Crippen LogP contribution in [0.5, 0.6) is 5.75 Å². The molecule has 0 radical (unpaired) electrons. The fraction of sp³-hybridized carbons (Fsp3) is 0.385. The highest BCUT2D eigenvalue weighted by Gasteiger charge is 2.10. The first kappa shape index (κ1) is 12.6. The summed E-state index contributed by atoms with van der Waals surface area (Å²) in [7, 11) is 0. The average molecular weight is 247 g/mol. The minimum absolute atomic E-state index is 0.257. The minimum atomic E-state index is -0.257. The fourth-order valence-electron chi connectivity index (χ4n) is 1.52. The highest BCUT2D eigenvalue weighted by molar-refractivity contribution is 5.35. The van der Waals surface area contributed by atoms with Crippen LogP contribution in [0, 0.1) is 13.8 Å². The summed E-state index contributed by atoms with van der Waals surface area (Å²) in [6.45, 7) is 6.09. The van der Waals surface area contributed by atoms with Gasteiger partial charge in [0, 0.05) is 0 Å². The second-order valence-electron chi connectivity index (χ2n) is 4.40. The molecule has 0 bridgehead atoms. The van der Waals surface area contributed by atoms with Crippen LogP contribution in [-0.4, -0.2) is 10.1 Å². The van der Waals surface area contributed by atoms with Crippen molar-refractivity contribution in [3.63, 3.8) is 0 Å². The number of ether oxygens (including phenoxy) is 1. The monoisotopic (exact) mass is 247 g/mol. The number of aromatic nitrogens is 2. The quantitative estimate of drug-likeness (QED) is 0.897. The van der Waals surface area contributed by atoms with Gasteiger partial charge >= 0.3 is 0 Å². The molecule has 2 aromatic rings. The van der Waals surface area contributed by atoms with E-state index in [1.165, 1.54) is 0 Å². The van der Waals surface area contributed by atoms with Gasteiger partial charge in [0.15, 0.2) is 6.61 Å². The Hall–Kier alpha value is -1.88. The molecule has 18 heavy (non-hydrogen) atoms. The van der Waals surface area contributed by atoms with E-state index in [2.05, 4.69) is 10.1 Å². The van der Waals surface area contributed by atoms with E-state index >= 15 is 0 Å². The second-order valence-corrected chi connectivity index (χ2v) is 4.40. The van der Waals surface area contributed by atoms with E-state index in [4.69, 9.17) is 15.0 Å². The smallest absolute Gasteiger partial charge is 0.243 e. The number of rotatable bonds is 4. The number of benzene rings is 1. The Kier molecular flexibility index (Phi) is 3.62. The highest BCUT2D eigenvalue weighted by Crippen LogP contribution is 2.20. The number of nitrogens with two attached hydrogens (primary N) is 1. The van der Waals surface area contributed by atoms with Gasteiger partial charge in [-0.05, 0) is 38.0 Å². The summed E-state index contributed by atoms with van der Waals surface area (Å²) in [6.07, 6.45) is 0. The van der Waals surface area contributed by atoms with E-state index < -0.39 is 0 Å². The van der Waals surface area contributed by atoms with Gasteiger partial charge in [-0.1, -0.05) is 17.3 Å². The van der Waals surface area contributed by atoms with Gasteiger partial charge in [-0.15, -0.1) is 0 Å². The molecule has 0 aliphatic carbocycles. The molecule has 0 spiro atoms. The lowest BCUT2D eigenvalue weighted by Crippen LogP contribution is -2.05. The summed E-state index contributed by atoms with van der Waals surface area (Å²) >= 11 is 0. The molecule has 5 heteroatoms. The first-order chi connectivity index (χ1) is 8.56. The molecule has 0 saturated carbocycles. The maximum Gasteiger partial charge on any atom is 0.243 e. The fourth-order valence-corrected chi connectivity index (χ4v) is 1.52. The third-order valence-corrected chi connectivity index (χ3v) is 2.57. The normalized spacial score (nSPS) is 12.4. The predicted octanol–water partition coefficient (Wildman–Crippen LogP) is 2.29. The van der Waals surface area contributed by atoms with Gasteiger partial charge in [-0.25, -0.2) is 0 Å². The Morgan fingerprint density at radius 1 is 1.39 bits per heavy atom. The molecule has 1 aromatic heterocycles. The Morgan fingerprint density at radius 2 is 2.17 bits per heavy atom. The topological polar surface area (TPSA) is 74.2 Å². The summed E-state index contributed by atoms with van der Waals surface area (Å²) in [6, 6.07) is 5.80. The SMILES string of the molecule is Cc1ccc(C)c(OCc2noc(C(C)N)n2)c1. The van der Waals surface area contributed by atoms with Gasteiger partial charge in [0.1, 0.15) is 5.75 Å². The maximum absolute atomic E-state index is 5.67. The molecule has 0 amide bonds. The van der Waals surface area contributed by atoms with E-state index in [1.807, 2.05) is 32.0 Å². The zero-order chi connectivity index (χ0) is 13.1. The maximum atomic E-state index is 5.67. The molecule has 0 aliphatic rings. The van der Waals surface area contributed by atoms with Crippen molar-refractivity contribution in [3.05, 3.63) is 41.0 Å². The van der Waals surface area contributed by atoms with Crippen molar-refractivity contribution in [2.24, 2.45) is 5.73 Å². The van der Waals surface area contributed by atoms with Crippen LogP contribution in [0.25, 0.3) is 0 Å². The van der Waals surface area contributed by atoms with Crippen molar-refractivity contribution in [3.8, 4) is 5.75 Å². The molecule has 0 fully saturated rings. The molecule has 96 valence electrons. The Morgan fingerprint density at radius 3 is 2.83 bits per heavy atom. The van der Waals surface area contributed by atoms with E-state index in [0.29, 0.717) is 11.7 Å². The van der Waals surface area contributed by atoms with Crippen LogP contribution < -0.4 is 10.5 Å². The molecule has 1 heterocycles. The van der Waals surface area contributed by atoms with Gasteiger partial charge in [0.25, 0.3) is 0 Å². The Labute approximate surface area is 106 Å². The van der Waals surface area contributed by atoms with Crippen LogP contribution in [0.15, 0.2) is 22.7 Å². The van der Waals surface area contributed by atoms with Gasteiger partial charge < -0.3 is 15.0 Å². The molecular weight excluding hydrogens is 230 g/mol. The van der Waals surface area contributed by atoms with Gasteiger partial charge in [0.05, 0.1) is 6.04 Å². The molecule has 2 rings (SSSR count). The second kappa shape index (κ2) is 5.18. The summed E-state index contributed by atoms with van der Waals surface area (Å²) in [5.41, 5.74) is 7.87. The van der Waals surface area contributed by atoms with Crippen LogP contribution in [0.1, 0.15) is 35.8 Å². The first-order valence-electron chi connectivity index (χ1n) is 5.84. The standard InChI is InChI=1S/C13H17N3O2/c1-8-4-5-9(2)11(6-8)17-7-12-15-13(10(3)14)18-16-12/h4-6,10H,7,14H2,1-3H3. The lowest BCUT2D eigenvalue weighted by atomic mass is 10.1. The zero-order valence-corrected chi connectivity index (χ0v) is 10.8. The molecule has 0 aliphatic heterocycles. The zero-order valence-electron chi connectivity index (χ0n) is 10.8. The van der Waals surface area contributed by atoms with E-state index in [-0.39, 0.29) is 12.6 Å².